The van der Waals surface area contributed by atoms with Gasteiger partial charge in [-0.3, -0.25) is 0 Å². The topological polar surface area (TPSA) is 24.9 Å². The first kappa shape index (κ1) is 13.8. The molecule has 18 heavy (non-hydrogen) atoms. The fourth-order valence-corrected chi connectivity index (χ4v) is 3.14. The highest BCUT2D eigenvalue weighted by molar-refractivity contribution is 9.11. The lowest BCUT2D eigenvalue weighted by atomic mass is 10.1. The van der Waals surface area contributed by atoms with Crippen LogP contribution in [0.4, 0.5) is 5.69 Å². The van der Waals surface area contributed by atoms with Gasteiger partial charge in [-0.25, -0.2) is 4.98 Å². The third-order valence-electron chi connectivity index (χ3n) is 2.54. The van der Waals surface area contributed by atoms with Crippen LogP contribution in [-0.4, -0.2) is 4.98 Å². The second-order valence-electron chi connectivity index (χ2n) is 3.90. The van der Waals surface area contributed by atoms with E-state index in [4.69, 9.17) is 11.6 Å². The van der Waals surface area contributed by atoms with Crippen LogP contribution in [0.25, 0.3) is 0 Å². The first-order chi connectivity index (χ1) is 8.56. The van der Waals surface area contributed by atoms with E-state index in [9.17, 15) is 0 Å². The first-order valence-electron chi connectivity index (χ1n) is 5.39. The number of hydrogen-bond donors (Lipinski definition) is 1. The van der Waals surface area contributed by atoms with Crippen LogP contribution in [0, 0.1) is 0 Å². The Morgan fingerprint density at radius 3 is 2.61 bits per heavy atom. The molecule has 0 saturated carbocycles. The lowest BCUT2D eigenvalue weighted by molar-refractivity contribution is 0.876. The summed E-state index contributed by atoms with van der Waals surface area (Å²) in [5, 5.41) is 3.88. The van der Waals surface area contributed by atoms with E-state index >= 15 is 0 Å². The standard InChI is InChI=1S/C13H11Br2ClN2/c1-8(11-4-2-9(14)6-12(11)15)18-10-3-5-13(16)17-7-10/h2-8,18H,1H3. The smallest absolute Gasteiger partial charge is 0.129 e. The second kappa shape index (κ2) is 6.04. The molecular formula is C13H11Br2ClN2. The molecule has 94 valence electrons. The average Bonchev–Trinajstić information content (AvgIpc) is 2.32. The number of hydrogen-bond acceptors (Lipinski definition) is 2. The van der Waals surface area contributed by atoms with Crippen molar-refractivity contribution in [3.8, 4) is 0 Å². The van der Waals surface area contributed by atoms with Crippen LogP contribution in [0.2, 0.25) is 5.15 Å². The summed E-state index contributed by atoms with van der Waals surface area (Å²) in [7, 11) is 0. The zero-order valence-electron chi connectivity index (χ0n) is 9.62. The average molecular weight is 391 g/mol. The maximum Gasteiger partial charge on any atom is 0.129 e. The molecule has 2 rings (SSSR count). The summed E-state index contributed by atoms with van der Waals surface area (Å²) in [5.41, 5.74) is 2.13. The zero-order chi connectivity index (χ0) is 13.1. The fourth-order valence-electron chi connectivity index (χ4n) is 1.64. The van der Waals surface area contributed by atoms with Gasteiger partial charge in [-0.15, -0.1) is 0 Å². The molecule has 1 heterocycles. The molecule has 0 fully saturated rings. The highest BCUT2D eigenvalue weighted by Gasteiger charge is 2.09. The maximum absolute atomic E-state index is 5.76. The van der Waals surface area contributed by atoms with E-state index < -0.39 is 0 Å². The number of anilines is 1. The number of pyridine rings is 1. The van der Waals surface area contributed by atoms with Crippen molar-refractivity contribution in [1.82, 2.24) is 4.98 Å². The van der Waals surface area contributed by atoms with E-state index in [1.165, 1.54) is 5.56 Å². The van der Waals surface area contributed by atoms with Crippen molar-refractivity contribution in [2.45, 2.75) is 13.0 Å². The van der Waals surface area contributed by atoms with Gasteiger partial charge in [-0.05, 0) is 36.8 Å². The fraction of sp³-hybridized carbons (Fsp3) is 0.154. The van der Waals surface area contributed by atoms with E-state index in [0.29, 0.717) is 5.15 Å². The van der Waals surface area contributed by atoms with Crippen LogP contribution in [0.3, 0.4) is 0 Å². The van der Waals surface area contributed by atoms with Crippen molar-refractivity contribution in [3.05, 3.63) is 56.2 Å². The molecule has 2 aromatic rings. The van der Waals surface area contributed by atoms with Crippen LogP contribution in [0.1, 0.15) is 18.5 Å². The zero-order valence-corrected chi connectivity index (χ0v) is 13.6. The Morgan fingerprint density at radius 1 is 1.22 bits per heavy atom. The minimum absolute atomic E-state index is 0.176. The molecule has 0 amide bonds. The second-order valence-corrected chi connectivity index (χ2v) is 6.06. The summed E-state index contributed by atoms with van der Waals surface area (Å²) < 4.78 is 2.12. The number of nitrogens with zero attached hydrogens (tertiary/aromatic N) is 1. The summed E-state index contributed by atoms with van der Waals surface area (Å²) in [6, 6.07) is 10.0. The number of benzene rings is 1. The quantitative estimate of drug-likeness (QED) is 0.707. The van der Waals surface area contributed by atoms with Gasteiger partial charge in [-0.2, -0.15) is 0 Å². The Bertz CT molecular complexity index is 543. The van der Waals surface area contributed by atoms with Gasteiger partial charge in [0.05, 0.1) is 11.9 Å². The summed E-state index contributed by atoms with van der Waals surface area (Å²) in [5.74, 6) is 0. The van der Waals surface area contributed by atoms with Gasteiger partial charge in [0.15, 0.2) is 0 Å². The van der Waals surface area contributed by atoms with Crippen molar-refractivity contribution in [2.75, 3.05) is 5.32 Å². The first-order valence-corrected chi connectivity index (χ1v) is 7.35. The van der Waals surface area contributed by atoms with Crippen LogP contribution >= 0.6 is 43.5 Å². The van der Waals surface area contributed by atoms with Crippen molar-refractivity contribution in [3.63, 3.8) is 0 Å². The lowest BCUT2D eigenvalue weighted by Gasteiger charge is -2.17. The predicted octanol–water partition coefficient (Wildman–Crippen LogP) is 5.43. The minimum atomic E-state index is 0.176. The highest BCUT2D eigenvalue weighted by atomic mass is 79.9. The van der Waals surface area contributed by atoms with Gasteiger partial charge in [0, 0.05) is 15.0 Å². The molecule has 1 aromatic heterocycles. The van der Waals surface area contributed by atoms with Crippen LogP contribution in [0.5, 0.6) is 0 Å². The lowest BCUT2D eigenvalue weighted by Crippen LogP contribution is -2.07. The summed E-state index contributed by atoms with van der Waals surface area (Å²) in [4.78, 5) is 4.05. The Hall–Kier alpha value is -0.580. The van der Waals surface area contributed by atoms with Crippen LogP contribution in [-0.2, 0) is 0 Å². The molecule has 2 nitrogen and oxygen atoms in total. The molecule has 0 bridgehead atoms. The molecule has 0 radical (unpaired) electrons. The van der Waals surface area contributed by atoms with Crippen LogP contribution < -0.4 is 5.32 Å². The van der Waals surface area contributed by atoms with Gasteiger partial charge in [0.2, 0.25) is 0 Å². The van der Waals surface area contributed by atoms with Crippen molar-refractivity contribution < 1.29 is 0 Å². The van der Waals surface area contributed by atoms with Gasteiger partial charge in [0.25, 0.3) is 0 Å². The van der Waals surface area contributed by atoms with Crippen molar-refractivity contribution in [1.29, 1.82) is 0 Å². The van der Waals surface area contributed by atoms with E-state index in [2.05, 4.69) is 55.2 Å². The molecule has 0 aliphatic carbocycles. The highest BCUT2D eigenvalue weighted by Crippen LogP contribution is 2.28. The Labute approximate surface area is 128 Å². The third kappa shape index (κ3) is 3.46. The molecule has 1 aromatic carbocycles. The summed E-state index contributed by atoms with van der Waals surface area (Å²) >= 11 is 12.8. The SMILES string of the molecule is CC(Nc1ccc(Cl)nc1)c1ccc(Br)cc1Br. The molecule has 5 heteroatoms. The normalized spacial score (nSPS) is 12.2. The van der Waals surface area contributed by atoms with Gasteiger partial charge >= 0.3 is 0 Å². The maximum atomic E-state index is 5.76. The predicted molar refractivity (Wildman–Crippen MR) is 83.1 cm³/mol. The molecule has 1 unspecified atom stereocenters. The molecule has 0 aliphatic heterocycles. The largest absolute Gasteiger partial charge is 0.377 e. The minimum Gasteiger partial charge on any atom is -0.377 e. The van der Waals surface area contributed by atoms with Gasteiger partial charge in [0.1, 0.15) is 5.15 Å². The van der Waals surface area contributed by atoms with Gasteiger partial charge in [-0.1, -0.05) is 49.5 Å². The summed E-state index contributed by atoms with van der Waals surface area (Å²) in [6.45, 7) is 2.10. The molecule has 0 spiro atoms. The summed E-state index contributed by atoms with van der Waals surface area (Å²) in [6.07, 6.45) is 1.73. The van der Waals surface area contributed by atoms with E-state index in [-0.39, 0.29) is 6.04 Å². The van der Waals surface area contributed by atoms with E-state index in [1.807, 2.05) is 18.2 Å². The van der Waals surface area contributed by atoms with Crippen molar-refractivity contribution >= 4 is 49.1 Å². The van der Waals surface area contributed by atoms with Crippen molar-refractivity contribution in [2.24, 2.45) is 0 Å². The Morgan fingerprint density at radius 2 is 2.00 bits per heavy atom. The van der Waals surface area contributed by atoms with Gasteiger partial charge < -0.3 is 5.32 Å². The number of nitrogens with one attached hydrogen (secondary N) is 1. The Kier molecular flexibility index (Phi) is 4.65. The molecule has 1 atom stereocenters. The Balaban J connectivity index is 2.16. The molecule has 1 N–H and O–H groups in total. The number of rotatable bonds is 3. The van der Waals surface area contributed by atoms with E-state index in [0.717, 1.165) is 14.6 Å². The molecule has 0 saturated heterocycles. The van der Waals surface area contributed by atoms with Crippen LogP contribution in [0.15, 0.2) is 45.5 Å². The third-order valence-corrected chi connectivity index (χ3v) is 3.94. The van der Waals surface area contributed by atoms with E-state index in [1.54, 1.807) is 12.3 Å². The molecule has 0 aliphatic rings. The molecular weight excluding hydrogens is 379 g/mol. The monoisotopic (exact) mass is 388 g/mol. The number of halogens is 3. The number of aromatic nitrogens is 1.